The monoisotopic (exact) mass is 230 g/mol. The van der Waals surface area contributed by atoms with Crippen LogP contribution in [0.5, 0.6) is 0 Å². The molecular formula is C5H30Si5. The predicted octanol–water partition coefficient (Wildman–Crippen LogP) is -3.00. The molecule has 0 atom stereocenters. The minimum Gasteiger partial charge on any atom is -0.0777 e. The Morgan fingerprint density at radius 2 is 0.300 bits per heavy atom. The lowest BCUT2D eigenvalue weighted by Crippen LogP contribution is -1.13. The lowest BCUT2D eigenvalue weighted by Gasteiger charge is -1.04. The zero-order valence-electron chi connectivity index (χ0n) is 10.0. The predicted molar refractivity (Wildman–Crippen MR) is 79.0 cm³/mol. The molecule has 10 heavy (non-hydrogen) atoms. The zero-order valence-corrected chi connectivity index (χ0v) is 20.0. The van der Waals surface area contributed by atoms with Gasteiger partial charge >= 0.3 is 0 Å². The summed E-state index contributed by atoms with van der Waals surface area (Å²) in [5.41, 5.74) is 0. The van der Waals surface area contributed by atoms with Crippen LogP contribution in [-0.4, -0.2) is 51.2 Å². The van der Waals surface area contributed by atoms with Gasteiger partial charge < -0.3 is 0 Å². The Bertz CT molecular complexity index is 10.0. The topological polar surface area (TPSA) is 0 Å². The summed E-state index contributed by atoms with van der Waals surface area (Å²) >= 11 is 0. The summed E-state index contributed by atoms with van der Waals surface area (Å²) in [4.78, 5) is 0. The maximum atomic E-state index is 2.14. The molecule has 0 aromatic heterocycles. The Morgan fingerprint density at radius 1 is 0.300 bits per heavy atom. The van der Waals surface area contributed by atoms with E-state index in [0.717, 1.165) is 0 Å². The van der Waals surface area contributed by atoms with Crippen molar-refractivity contribution in [1.82, 2.24) is 0 Å². The summed E-state index contributed by atoms with van der Waals surface area (Å²) in [7, 11) is 6.53. The molecule has 0 radical (unpaired) electrons. The number of hydrogen-bond donors (Lipinski definition) is 0. The van der Waals surface area contributed by atoms with Crippen molar-refractivity contribution in [2.75, 3.05) is 0 Å². The highest BCUT2D eigenvalue weighted by Crippen LogP contribution is 0.968. The quantitative estimate of drug-likeness (QED) is 0.389. The van der Waals surface area contributed by atoms with Gasteiger partial charge in [-0.05, 0) is 51.2 Å². The molecule has 0 heterocycles. The number of hydrogen-bond acceptors (Lipinski definition) is 0. The molecule has 0 aliphatic carbocycles. The van der Waals surface area contributed by atoms with Crippen molar-refractivity contribution < 1.29 is 0 Å². The fraction of sp³-hybridized carbons (Fsp3) is 1.00. The molecular weight excluding hydrogens is 200 g/mol. The molecule has 5 heteroatoms. The highest BCUT2D eigenvalue weighted by molar-refractivity contribution is 6.06. The van der Waals surface area contributed by atoms with Crippen LogP contribution in [0.4, 0.5) is 0 Å². The van der Waals surface area contributed by atoms with Gasteiger partial charge in [-0.2, -0.15) is 0 Å². The smallest absolute Gasteiger partial charge is 0.000585 e. The summed E-state index contributed by atoms with van der Waals surface area (Å²) in [6.07, 6.45) is 0. The first kappa shape index (κ1) is 30.4. The van der Waals surface area contributed by atoms with Crippen LogP contribution in [0.2, 0.25) is 32.7 Å². The van der Waals surface area contributed by atoms with Crippen LogP contribution < -0.4 is 0 Å². The second-order valence-corrected chi connectivity index (χ2v) is 0. The first-order valence-electron chi connectivity index (χ1n) is 5.00. The first-order valence-corrected chi connectivity index (χ1v) is 15.0. The van der Waals surface area contributed by atoms with Crippen LogP contribution in [-0.2, 0) is 0 Å². The van der Waals surface area contributed by atoms with Crippen LogP contribution >= 0.6 is 0 Å². The van der Waals surface area contributed by atoms with E-state index < -0.39 is 0 Å². The lowest BCUT2D eigenvalue weighted by atomic mass is 11.9. The molecule has 0 spiro atoms. The first-order chi connectivity index (χ1) is 5.00. The highest BCUT2D eigenvalue weighted by Gasteiger charge is 0.970. The zero-order chi connectivity index (χ0) is 10.0. The van der Waals surface area contributed by atoms with E-state index in [1.807, 2.05) is 0 Å². The molecule has 0 bridgehead atoms. The van der Waals surface area contributed by atoms with Gasteiger partial charge in [-0.1, -0.05) is 32.7 Å². The maximum Gasteiger partial charge on any atom is -0.000585 e. The molecule has 70 valence electrons. The molecule has 0 aliphatic rings. The third-order valence-corrected chi connectivity index (χ3v) is 0. The van der Waals surface area contributed by atoms with Gasteiger partial charge in [0.15, 0.2) is 0 Å². The van der Waals surface area contributed by atoms with E-state index in [1.54, 1.807) is 0 Å². The molecule has 0 aliphatic heterocycles. The average molecular weight is 231 g/mol. The fourth-order valence-electron chi connectivity index (χ4n) is 0. The summed E-state index contributed by atoms with van der Waals surface area (Å²) in [6.45, 7) is 10.7. The summed E-state index contributed by atoms with van der Waals surface area (Å²) in [5.74, 6) is 0. The average Bonchev–Trinajstić information content (AvgIpc) is 2.20. The summed E-state index contributed by atoms with van der Waals surface area (Å²) in [6, 6.07) is 0. The Hall–Kier alpha value is 1.08. The van der Waals surface area contributed by atoms with Crippen molar-refractivity contribution in [1.29, 1.82) is 0 Å². The van der Waals surface area contributed by atoms with E-state index in [1.165, 1.54) is 51.2 Å². The van der Waals surface area contributed by atoms with Crippen molar-refractivity contribution in [3.8, 4) is 0 Å². The van der Waals surface area contributed by atoms with Gasteiger partial charge in [-0.3, -0.25) is 0 Å². The molecule has 0 fully saturated rings. The molecule has 0 unspecified atom stereocenters. The van der Waals surface area contributed by atoms with Crippen LogP contribution in [0.1, 0.15) is 0 Å². The van der Waals surface area contributed by atoms with Crippen molar-refractivity contribution in [3.05, 3.63) is 0 Å². The normalized spacial score (nSPS) is 4.50. The Balaban J connectivity index is -0.0000000104. The van der Waals surface area contributed by atoms with Crippen LogP contribution in [0.25, 0.3) is 0 Å². The molecule has 0 N–H and O–H groups in total. The van der Waals surface area contributed by atoms with Crippen LogP contribution in [0.15, 0.2) is 0 Å². The van der Waals surface area contributed by atoms with E-state index in [0.29, 0.717) is 0 Å². The van der Waals surface area contributed by atoms with Gasteiger partial charge in [-0.15, -0.1) is 0 Å². The molecule has 0 aromatic rings. The van der Waals surface area contributed by atoms with Crippen molar-refractivity contribution >= 4 is 51.2 Å². The largest absolute Gasteiger partial charge is 0.0777 e. The van der Waals surface area contributed by atoms with Crippen molar-refractivity contribution in [2.45, 2.75) is 32.7 Å². The Labute approximate surface area is 84.1 Å². The van der Waals surface area contributed by atoms with Gasteiger partial charge in [0.05, 0.1) is 0 Å². The lowest BCUT2D eigenvalue weighted by molar-refractivity contribution is 2.39. The van der Waals surface area contributed by atoms with Crippen LogP contribution in [0.3, 0.4) is 0 Å². The van der Waals surface area contributed by atoms with Crippen LogP contribution in [0, 0.1) is 0 Å². The van der Waals surface area contributed by atoms with E-state index in [2.05, 4.69) is 32.7 Å². The standard InChI is InChI=1S/5CH6Si/c5*1-2/h5*1-2H3. The van der Waals surface area contributed by atoms with Crippen molar-refractivity contribution in [2.24, 2.45) is 0 Å². The summed E-state index contributed by atoms with van der Waals surface area (Å²) < 4.78 is 0. The second-order valence-electron chi connectivity index (χ2n) is 0. The van der Waals surface area contributed by atoms with E-state index in [4.69, 9.17) is 0 Å². The third-order valence-electron chi connectivity index (χ3n) is 0. The Morgan fingerprint density at radius 3 is 0.300 bits per heavy atom. The number of rotatable bonds is 0. The van der Waals surface area contributed by atoms with Gasteiger partial charge in [0, 0.05) is 0 Å². The van der Waals surface area contributed by atoms with E-state index in [-0.39, 0.29) is 0 Å². The summed E-state index contributed by atoms with van der Waals surface area (Å²) in [5, 5.41) is 0. The third kappa shape index (κ3) is 505. The van der Waals surface area contributed by atoms with Gasteiger partial charge in [0.1, 0.15) is 0 Å². The minimum absolute atomic E-state index is 1.31. The second kappa shape index (κ2) is 708. The molecule has 0 rings (SSSR count). The van der Waals surface area contributed by atoms with E-state index in [9.17, 15) is 0 Å². The molecule has 0 aromatic carbocycles. The SMILES string of the molecule is C[SiH3].C[SiH3].C[SiH3].C[SiH3].C[SiH3]. The fourth-order valence-corrected chi connectivity index (χ4v) is 0. The van der Waals surface area contributed by atoms with Crippen molar-refractivity contribution in [3.63, 3.8) is 0 Å². The molecule has 0 saturated heterocycles. The molecule has 0 amide bonds. The van der Waals surface area contributed by atoms with Gasteiger partial charge in [0.2, 0.25) is 0 Å². The minimum atomic E-state index is 1.31. The van der Waals surface area contributed by atoms with Gasteiger partial charge in [-0.25, -0.2) is 0 Å². The molecule has 0 saturated carbocycles. The van der Waals surface area contributed by atoms with E-state index >= 15 is 0 Å². The Kier molecular flexibility index (Phi) is 2150. The van der Waals surface area contributed by atoms with Gasteiger partial charge in [0.25, 0.3) is 0 Å². The highest BCUT2D eigenvalue weighted by atomic mass is 28.2. The maximum absolute atomic E-state index is 2.14. The molecule has 0 nitrogen and oxygen atoms in total.